The molecule has 0 spiro atoms. The largest absolute Gasteiger partial charge is 0.301 e. The number of hydrogen-bond acceptors (Lipinski definition) is 4. The molecule has 4 nitrogen and oxygen atoms in total. The van der Waals surface area contributed by atoms with Crippen molar-refractivity contribution in [3.05, 3.63) is 35.5 Å². The first kappa shape index (κ1) is 17.7. The van der Waals surface area contributed by atoms with E-state index in [0.717, 1.165) is 11.3 Å². The molecule has 1 aliphatic heterocycles. The number of rotatable bonds is 3. The molecular weight excluding hydrogens is 351 g/mol. The fourth-order valence-corrected chi connectivity index (χ4v) is 2.93. The lowest BCUT2D eigenvalue weighted by Gasteiger charge is -2.09. The number of thiazole rings is 1. The Balaban J connectivity index is 0.00000192. The van der Waals surface area contributed by atoms with Gasteiger partial charge < -0.3 is 5.32 Å². The van der Waals surface area contributed by atoms with Crippen molar-refractivity contribution in [1.29, 1.82) is 0 Å². The molecule has 2 N–H and O–H groups in total. The van der Waals surface area contributed by atoms with E-state index in [-0.39, 0.29) is 18.2 Å². The second-order valence-corrected chi connectivity index (χ2v) is 5.89. The van der Waals surface area contributed by atoms with Gasteiger partial charge in [0, 0.05) is 17.4 Å². The molecular formula is C14H13ClF3N3OS. The number of anilines is 1. The third-order valence-electron chi connectivity index (χ3n) is 3.28. The summed E-state index contributed by atoms with van der Waals surface area (Å²) in [6.07, 6.45) is -0.527. The van der Waals surface area contributed by atoms with Crippen LogP contribution in [-0.4, -0.2) is 29.4 Å². The van der Waals surface area contributed by atoms with Gasteiger partial charge in [-0.25, -0.2) is 18.2 Å². The maximum absolute atomic E-state index is 13.2. The Bertz CT molecular complexity index is 710. The molecule has 1 aromatic heterocycles. The molecule has 1 aliphatic rings. The van der Waals surface area contributed by atoms with Crippen LogP contribution < -0.4 is 10.6 Å². The maximum Gasteiger partial charge on any atom is 0.262 e. The van der Waals surface area contributed by atoms with Crippen molar-refractivity contribution >= 4 is 34.8 Å². The summed E-state index contributed by atoms with van der Waals surface area (Å²) in [7, 11) is 0. The van der Waals surface area contributed by atoms with Crippen molar-refractivity contribution in [2.45, 2.75) is 18.4 Å². The highest BCUT2D eigenvalue weighted by Gasteiger charge is 2.42. The first-order chi connectivity index (χ1) is 10.4. The van der Waals surface area contributed by atoms with Crippen LogP contribution in [0.5, 0.6) is 0 Å². The summed E-state index contributed by atoms with van der Waals surface area (Å²) in [6, 6.07) is 4.98. The molecule has 0 bridgehead atoms. The number of nitrogens with one attached hydrogen (secondary N) is 2. The summed E-state index contributed by atoms with van der Waals surface area (Å²) in [5, 5.41) is 6.94. The smallest absolute Gasteiger partial charge is 0.262 e. The normalized spacial score (nSPS) is 19.2. The van der Waals surface area contributed by atoms with Crippen LogP contribution in [0.25, 0.3) is 11.3 Å². The van der Waals surface area contributed by atoms with Gasteiger partial charge in [-0.3, -0.25) is 10.1 Å². The van der Waals surface area contributed by atoms with Crippen molar-refractivity contribution in [3.63, 3.8) is 0 Å². The number of amides is 1. The molecule has 1 unspecified atom stereocenters. The van der Waals surface area contributed by atoms with E-state index in [1.165, 1.54) is 12.1 Å². The highest BCUT2D eigenvalue weighted by Crippen LogP contribution is 2.28. The summed E-state index contributed by atoms with van der Waals surface area (Å²) >= 11 is 1.16. The molecule has 1 aromatic carbocycles. The lowest BCUT2D eigenvalue weighted by Crippen LogP contribution is -2.35. The first-order valence-electron chi connectivity index (χ1n) is 6.56. The fraction of sp³-hybridized carbons (Fsp3) is 0.286. The second kappa shape index (κ2) is 6.86. The second-order valence-electron chi connectivity index (χ2n) is 5.03. The third-order valence-corrected chi connectivity index (χ3v) is 4.04. The van der Waals surface area contributed by atoms with E-state index in [1.807, 2.05) is 0 Å². The van der Waals surface area contributed by atoms with Crippen molar-refractivity contribution < 1.29 is 18.0 Å². The molecule has 1 atom stereocenters. The number of alkyl halides is 2. The van der Waals surface area contributed by atoms with Gasteiger partial charge >= 0.3 is 0 Å². The van der Waals surface area contributed by atoms with Gasteiger partial charge in [0.05, 0.1) is 18.3 Å². The van der Waals surface area contributed by atoms with Crippen LogP contribution in [0.4, 0.5) is 18.3 Å². The molecule has 2 heterocycles. The topological polar surface area (TPSA) is 54.0 Å². The van der Waals surface area contributed by atoms with Crippen molar-refractivity contribution in [3.8, 4) is 11.3 Å². The van der Waals surface area contributed by atoms with Gasteiger partial charge in [-0.05, 0) is 12.1 Å². The molecule has 124 valence electrons. The molecule has 0 aliphatic carbocycles. The van der Waals surface area contributed by atoms with Crippen molar-refractivity contribution in [2.75, 3.05) is 11.9 Å². The zero-order chi connectivity index (χ0) is 15.7. The minimum atomic E-state index is -2.86. The lowest BCUT2D eigenvalue weighted by molar-refractivity contribution is -0.118. The molecule has 1 amide bonds. The summed E-state index contributed by atoms with van der Waals surface area (Å²) in [5.41, 5.74) is 1.10. The van der Waals surface area contributed by atoms with Crippen LogP contribution in [0.3, 0.4) is 0 Å². The number of carbonyl (C=O) groups is 1. The van der Waals surface area contributed by atoms with Gasteiger partial charge in [-0.2, -0.15) is 0 Å². The summed E-state index contributed by atoms with van der Waals surface area (Å²) in [5.74, 6) is -3.79. The number of carbonyl (C=O) groups excluding carboxylic acids is 1. The van der Waals surface area contributed by atoms with Gasteiger partial charge in [0.15, 0.2) is 5.13 Å². The predicted molar refractivity (Wildman–Crippen MR) is 84.7 cm³/mol. The Morgan fingerprint density at radius 1 is 1.43 bits per heavy atom. The van der Waals surface area contributed by atoms with Crippen LogP contribution in [0.15, 0.2) is 29.6 Å². The SMILES string of the molecule is Cl.O=C(Nc1nc(-c2cccc(F)c2)cs1)C1CC(F)(F)CN1. The third kappa shape index (κ3) is 4.21. The Kier molecular flexibility index (Phi) is 5.28. The average Bonchev–Trinajstić information content (AvgIpc) is 3.05. The van der Waals surface area contributed by atoms with Crippen LogP contribution in [0.2, 0.25) is 0 Å². The summed E-state index contributed by atoms with van der Waals surface area (Å²) < 4.78 is 39.3. The van der Waals surface area contributed by atoms with E-state index < -0.39 is 30.8 Å². The minimum Gasteiger partial charge on any atom is -0.301 e. The zero-order valence-electron chi connectivity index (χ0n) is 11.7. The van der Waals surface area contributed by atoms with Crippen molar-refractivity contribution in [2.24, 2.45) is 0 Å². The zero-order valence-corrected chi connectivity index (χ0v) is 13.3. The van der Waals surface area contributed by atoms with Crippen LogP contribution in [0, 0.1) is 5.82 Å². The number of benzene rings is 1. The van der Waals surface area contributed by atoms with Crippen LogP contribution in [-0.2, 0) is 4.79 Å². The van der Waals surface area contributed by atoms with E-state index in [2.05, 4.69) is 15.6 Å². The Morgan fingerprint density at radius 3 is 2.87 bits per heavy atom. The molecule has 1 saturated heterocycles. The first-order valence-corrected chi connectivity index (χ1v) is 7.44. The molecule has 0 radical (unpaired) electrons. The molecule has 23 heavy (non-hydrogen) atoms. The maximum atomic E-state index is 13.2. The Hall–Kier alpha value is -1.64. The van der Waals surface area contributed by atoms with E-state index in [1.54, 1.807) is 17.5 Å². The van der Waals surface area contributed by atoms with E-state index >= 15 is 0 Å². The number of nitrogens with zero attached hydrogens (tertiary/aromatic N) is 1. The van der Waals surface area contributed by atoms with Crippen LogP contribution >= 0.6 is 23.7 Å². The molecule has 0 saturated carbocycles. The van der Waals surface area contributed by atoms with Gasteiger partial charge in [0.2, 0.25) is 5.91 Å². The van der Waals surface area contributed by atoms with Gasteiger partial charge in [0.25, 0.3) is 5.92 Å². The molecule has 2 aromatic rings. The minimum absolute atomic E-state index is 0. The summed E-state index contributed by atoms with van der Waals surface area (Å²) in [4.78, 5) is 16.1. The summed E-state index contributed by atoms with van der Waals surface area (Å²) in [6.45, 7) is -0.502. The van der Waals surface area contributed by atoms with E-state index in [9.17, 15) is 18.0 Å². The van der Waals surface area contributed by atoms with Gasteiger partial charge in [-0.15, -0.1) is 23.7 Å². The van der Waals surface area contributed by atoms with Gasteiger partial charge in [-0.1, -0.05) is 12.1 Å². The Labute approximate surface area is 140 Å². The molecule has 3 rings (SSSR count). The number of aromatic nitrogens is 1. The molecule has 9 heteroatoms. The lowest BCUT2D eigenvalue weighted by atomic mass is 10.2. The van der Waals surface area contributed by atoms with Crippen LogP contribution in [0.1, 0.15) is 6.42 Å². The molecule has 1 fully saturated rings. The number of hydrogen-bond donors (Lipinski definition) is 2. The average molecular weight is 364 g/mol. The standard InChI is InChI=1S/C14H12F3N3OS.ClH/c15-9-3-1-2-8(4-9)11-6-22-13(19-11)20-12(21)10-5-14(16,17)7-18-10;/h1-4,6,10,18H,5,7H2,(H,19,20,21);1H. The highest BCUT2D eigenvalue weighted by molar-refractivity contribution is 7.14. The monoisotopic (exact) mass is 363 g/mol. The fourth-order valence-electron chi connectivity index (χ4n) is 2.20. The van der Waals surface area contributed by atoms with Gasteiger partial charge in [0.1, 0.15) is 5.82 Å². The predicted octanol–water partition coefficient (Wildman–Crippen LogP) is 3.31. The quantitative estimate of drug-likeness (QED) is 0.879. The van der Waals surface area contributed by atoms with E-state index in [0.29, 0.717) is 16.4 Å². The highest BCUT2D eigenvalue weighted by atomic mass is 35.5. The van der Waals surface area contributed by atoms with E-state index in [4.69, 9.17) is 0 Å². The Morgan fingerprint density at radius 2 is 2.22 bits per heavy atom. The van der Waals surface area contributed by atoms with Crippen molar-refractivity contribution in [1.82, 2.24) is 10.3 Å². The number of halogens is 4.